The Hall–Kier alpha value is -2.70. The summed E-state index contributed by atoms with van der Waals surface area (Å²) in [5.41, 5.74) is 1.72. The van der Waals surface area contributed by atoms with Crippen LogP contribution in [-0.4, -0.2) is 45.6 Å². The second-order valence-electron chi connectivity index (χ2n) is 7.25. The molecule has 2 aromatic carbocycles. The lowest BCUT2D eigenvalue weighted by atomic mass is 10.0. The Bertz CT molecular complexity index is 1050. The number of benzene rings is 2. The van der Waals surface area contributed by atoms with Crippen molar-refractivity contribution in [3.8, 4) is 0 Å². The quantitative estimate of drug-likeness (QED) is 0.601. The smallest absolute Gasteiger partial charge is 0.337 e. The maximum atomic E-state index is 11.7. The molecule has 2 N–H and O–H groups in total. The summed E-state index contributed by atoms with van der Waals surface area (Å²) in [4.78, 5) is 23.3. The van der Waals surface area contributed by atoms with Crippen LogP contribution in [0.5, 0.6) is 0 Å². The number of para-hydroxylation sites is 1. The largest absolute Gasteiger partial charge is 0.478 e. The van der Waals surface area contributed by atoms with Gasteiger partial charge in [-0.05, 0) is 49.3 Å². The van der Waals surface area contributed by atoms with Crippen molar-refractivity contribution in [2.75, 3.05) is 25.0 Å². The lowest BCUT2D eigenvalue weighted by molar-refractivity contribution is 0.0699. The molecule has 1 aromatic heterocycles. The topological polar surface area (TPSA) is 78.4 Å². The minimum Gasteiger partial charge on any atom is -0.478 e. The number of nitrogens with zero attached hydrogens (tertiary/aromatic N) is 3. The molecule has 6 nitrogen and oxygen atoms in total. The van der Waals surface area contributed by atoms with Gasteiger partial charge < -0.3 is 15.3 Å². The molecule has 3 aromatic rings. The molecule has 2 heterocycles. The summed E-state index contributed by atoms with van der Waals surface area (Å²) in [6.45, 7) is 4.94. The molecule has 1 aliphatic heterocycles. The Morgan fingerprint density at radius 3 is 2.69 bits per heavy atom. The van der Waals surface area contributed by atoms with E-state index in [2.05, 4.69) is 21.3 Å². The van der Waals surface area contributed by atoms with E-state index < -0.39 is 5.97 Å². The van der Waals surface area contributed by atoms with Crippen LogP contribution in [0.25, 0.3) is 10.9 Å². The zero-order chi connectivity index (χ0) is 20.4. The van der Waals surface area contributed by atoms with Gasteiger partial charge in [-0.1, -0.05) is 36.7 Å². The van der Waals surface area contributed by atoms with Crippen LogP contribution >= 0.6 is 11.6 Å². The molecule has 1 saturated heterocycles. The predicted octanol–water partition coefficient (Wildman–Crippen LogP) is 4.40. The van der Waals surface area contributed by atoms with Gasteiger partial charge in [-0.3, -0.25) is 0 Å². The molecule has 0 bridgehead atoms. The summed E-state index contributed by atoms with van der Waals surface area (Å²) >= 11 is 6.24. The summed E-state index contributed by atoms with van der Waals surface area (Å²) < 4.78 is 0. The van der Waals surface area contributed by atoms with Crippen LogP contribution in [0.3, 0.4) is 0 Å². The molecule has 0 saturated carbocycles. The SMILES string of the molecule is CCc1nc(N[C@H](CN2CCC2)c2cccc(Cl)c2)c2cccc(C(=O)O)c2n1. The highest BCUT2D eigenvalue weighted by atomic mass is 35.5. The van der Waals surface area contributed by atoms with Crippen molar-refractivity contribution in [2.24, 2.45) is 0 Å². The molecular weight excluding hydrogens is 388 g/mol. The normalized spacial score (nSPS) is 15.1. The van der Waals surface area contributed by atoms with Crippen molar-refractivity contribution >= 4 is 34.3 Å². The number of aromatic carboxylic acids is 1. The van der Waals surface area contributed by atoms with Gasteiger partial charge in [0, 0.05) is 23.4 Å². The first-order valence-corrected chi connectivity index (χ1v) is 10.2. The molecule has 150 valence electrons. The maximum Gasteiger partial charge on any atom is 0.337 e. The number of anilines is 1. The predicted molar refractivity (Wildman–Crippen MR) is 115 cm³/mol. The second-order valence-corrected chi connectivity index (χ2v) is 7.69. The third-order valence-corrected chi connectivity index (χ3v) is 5.51. The van der Waals surface area contributed by atoms with Gasteiger partial charge >= 0.3 is 5.97 Å². The number of rotatable bonds is 7. The second kappa shape index (κ2) is 8.35. The zero-order valence-electron chi connectivity index (χ0n) is 16.2. The van der Waals surface area contributed by atoms with Gasteiger partial charge in [0.25, 0.3) is 0 Å². The zero-order valence-corrected chi connectivity index (χ0v) is 17.0. The van der Waals surface area contributed by atoms with Crippen LogP contribution in [0.1, 0.15) is 41.1 Å². The highest BCUT2D eigenvalue weighted by molar-refractivity contribution is 6.30. The number of aryl methyl sites for hydroxylation is 1. The average Bonchev–Trinajstić information content (AvgIpc) is 2.68. The number of hydrogen-bond acceptors (Lipinski definition) is 5. The number of halogens is 1. The number of hydrogen-bond donors (Lipinski definition) is 2. The average molecular weight is 411 g/mol. The van der Waals surface area contributed by atoms with Crippen molar-refractivity contribution in [3.63, 3.8) is 0 Å². The third-order valence-electron chi connectivity index (χ3n) is 5.27. The number of carboxylic acids is 1. The Labute approximate surface area is 174 Å². The molecule has 0 unspecified atom stereocenters. The standard InChI is InChI=1S/C22H23ClN4O2/c1-2-19-25-20-16(8-4-9-17(20)22(28)29)21(26-19)24-18(13-27-10-5-11-27)14-6-3-7-15(23)12-14/h3-4,6-9,12,18H,2,5,10-11,13H2,1H3,(H,28,29)(H,24,25,26)/t18-/m1/s1. The Kier molecular flexibility index (Phi) is 5.65. The van der Waals surface area contributed by atoms with Gasteiger partial charge in [0.15, 0.2) is 0 Å². The van der Waals surface area contributed by atoms with E-state index in [1.165, 1.54) is 6.42 Å². The monoisotopic (exact) mass is 410 g/mol. The van der Waals surface area contributed by atoms with E-state index in [-0.39, 0.29) is 11.6 Å². The number of aromatic nitrogens is 2. The van der Waals surface area contributed by atoms with Crippen LogP contribution in [0.4, 0.5) is 5.82 Å². The number of nitrogens with one attached hydrogen (secondary N) is 1. The Morgan fingerprint density at radius 2 is 2.03 bits per heavy atom. The van der Waals surface area contributed by atoms with Crippen molar-refractivity contribution < 1.29 is 9.90 Å². The van der Waals surface area contributed by atoms with Crippen LogP contribution < -0.4 is 5.32 Å². The minimum absolute atomic E-state index is 0.0229. The fourth-order valence-corrected chi connectivity index (χ4v) is 3.78. The maximum absolute atomic E-state index is 11.7. The molecule has 7 heteroatoms. The van der Waals surface area contributed by atoms with E-state index in [1.54, 1.807) is 12.1 Å². The first-order chi connectivity index (χ1) is 14.0. The molecule has 0 aliphatic carbocycles. The van der Waals surface area contributed by atoms with Gasteiger partial charge in [-0.25, -0.2) is 14.8 Å². The van der Waals surface area contributed by atoms with Crippen molar-refractivity contribution in [2.45, 2.75) is 25.8 Å². The summed E-state index contributed by atoms with van der Waals surface area (Å²) in [6, 6.07) is 13.0. The lowest BCUT2D eigenvalue weighted by Crippen LogP contribution is -2.41. The first-order valence-electron chi connectivity index (χ1n) is 9.82. The molecule has 0 radical (unpaired) electrons. The third kappa shape index (κ3) is 4.18. The molecular formula is C22H23ClN4O2. The molecule has 1 fully saturated rings. The van der Waals surface area contributed by atoms with E-state index in [9.17, 15) is 9.90 Å². The van der Waals surface area contributed by atoms with E-state index in [0.717, 1.165) is 25.2 Å². The Morgan fingerprint density at radius 1 is 1.24 bits per heavy atom. The highest BCUT2D eigenvalue weighted by Gasteiger charge is 2.23. The summed E-state index contributed by atoms with van der Waals surface area (Å²) in [5.74, 6) is 0.275. The first kappa shape index (κ1) is 19.6. The number of likely N-dealkylation sites (tertiary alicyclic amines) is 1. The minimum atomic E-state index is -0.991. The van der Waals surface area contributed by atoms with Crippen LogP contribution in [0.2, 0.25) is 5.02 Å². The molecule has 4 rings (SSSR count). The highest BCUT2D eigenvalue weighted by Crippen LogP contribution is 2.29. The van der Waals surface area contributed by atoms with Gasteiger partial charge in [0.2, 0.25) is 0 Å². The summed E-state index contributed by atoms with van der Waals surface area (Å²) in [7, 11) is 0. The van der Waals surface area contributed by atoms with Gasteiger partial charge in [-0.2, -0.15) is 0 Å². The fourth-order valence-electron chi connectivity index (χ4n) is 3.58. The van der Waals surface area contributed by atoms with Gasteiger partial charge in [0.1, 0.15) is 11.6 Å². The lowest BCUT2D eigenvalue weighted by Gasteiger charge is -2.35. The van der Waals surface area contributed by atoms with E-state index in [1.807, 2.05) is 31.2 Å². The molecule has 1 atom stereocenters. The molecule has 1 aliphatic rings. The fraction of sp³-hybridized carbons (Fsp3) is 0.318. The van der Waals surface area contributed by atoms with E-state index in [4.69, 9.17) is 16.6 Å². The van der Waals surface area contributed by atoms with E-state index >= 15 is 0 Å². The van der Waals surface area contributed by atoms with Crippen LogP contribution in [0.15, 0.2) is 42.5 Å². The van der Waals surface area contributed by atoms with Crippen molar-refractivity contribution in [3.05, 3.63) is 64.4 Å². The molecule has 0 spiro atoms. The van der Waals surface area contributed by atoms with Crippen LogP contribution in [0, 0.1) is 0 Å². The number of carbonyl (C=O) groups is 1. The van der Waals surface area contributed by atoms with E-state index in [0.29, 0.717) is 34.0 Å². The molecule has 29 heavy (non-hydrogen) atoms. The summed E-state index contributed by atoms with van der Waals surface area (Å²) in [5, 5.41) is 14.5. The van der Waals surface area contributed by atoms with Crippen molar-refractivity contribution in [1.29, 1.82) is 0 Å². The summed E-state index contributed by atoms with van der Waals surface area (Å²) in [6.07, 6.45) is 1.83. The van der Waals surface area contributed by atoms with Gasteiger partial charge in [-0.15, -0.1) is 0 Å². The number of fused-ring (bicyclic) bond motifs is 1. The Balaban J connectivity index is 1.78. The molecule has 0 amide bonds. The number of carboxylic acid groups (broad SMARTS) is 1. The van der Waals surface area contributed by atoms with Crippen LogP contribution in [-0.2, 0) is 6.42 Å². The van der Waals surface area contributed by atoms with Crippen molar-refractivity contribution in [1.82, 2.24) is 14.9 Å². The van der Waals surface area contributed by atoms with Gasteiger partial charge in [0.05, 0.1) is 17.1 Å².